The lowest BCUT2D eigenvalue weighted by Crippen LogP contribution is -2.71. The Bertz CT molecular complexity index is 3130. The van der Waals surface area contributed by atoms with E-state index in [1.807, 2.05) is 152 Å². The Hall–Kier alpha value is -7.84. The Morgan fingerprint density at radius 3 is 1.97 bits per heavy atom. The summed E-state index contributed by atoms with van der Waals surface area (Å²) in [6, 6.07) is 47.5. The molecule has 16 nitrogen and oxygen atoms in total. The number of esters is 1. The number of carbonyl (C=O) groups excluding carboxylic acids is 3. The van der Waals surface area contributed by atoms with E-state index < -0.39 is 52.0 Å². The van der Waals surface area contributed by atoms with E-state index in [0.29, 0.717) is 21.8 Å². The van der Waals surface area contributed by atoms with Gasteiger partial charge in [-0.2, -0.15) is 0 Å². The molecule has 0 bridgehead atoms. The van der Waals surface area contributed by atoms with Crippen molar-refractivity contribution in [1.29, 1.82) is 0 Å². The molecule has 364 valence electrons. The number of benzene rings is 5. The van der Waals surface area contributed by atoms with Crippen molar-refractivity contribution in [3.05, 3.63) is 234 Å². The molecular formula is C53H46N8O8S3. The molecule has 7 aromatic rings. The predicted molar refractivity (Wildman–Crippen MR) is 277 cm³/mol. The van der Waals surface area contributed by atoms with Gasteiger partial charge in [0.25, 0.3) is 11.8 Å². The zero-order valence-electron chi connectivity index (χ0n) is 38.7. The first kappa shape index (κ1) is 49.2. The SMILES string of the molecule is COCCn1c(SC=CC2=C(C(=O)OC(c3ccccc3)c3ccccc3)N3C(=O)C(NC(=O)C(=NOC)c4csc(NC(c5ccccc5)(c5ccccc5)c5ccccc5)n4)C3SC2)n[nH]c(=O)c1=O. The second-order valence-electron chi connectivity index (χ2n) is 16.2. The smallest absolute Gasteiger partial charge is 0.356 e. The van der Waals surface area contributed by atoms with Crippen molar-refractivity contribution >= 4 is 63.5 Å². The summed E-state index contributed by atoms with van der Waals surface area (Å²) >= 11 is 3.64. The van der Waals surface area contributed by atoms with Gasteiger partial charge in [-0.3, -0.25) is 28.6 Å². The van der Waals surface area contributed by atoms with Gasteiger partial charge in [0.15, 0.2) is 22.1 Å². The number of hydrogen-bond donors (Lipinski definition) is 3. The van der Waals surface area contributed by atoms with Crippen LogP contribution in [0.15, 0.2) is 200 Å². The van der Waals surface area contributed by atoms with Crippen LogP contribution >= 0.6 is 34.9 Å². The number of oxime groups is 1. The molecule has 2 atom stereocenters. The number of thioether (sulfide) groups is 2. The predicted octanol–water partition coefficient (Wildman–Crippen LogP) is 7.08. The molecule has 2 amide bonds. The third kappa shape index (κ3) is 10.2. The van der Waals surface area contributed by atoms with E-state index in [2.05, 4.69) is 26.0 Å². The minimum Gasteiger partial charge on any atom is -0.448 e. The summed E-state index contributed by atoms with van der Waals surface area (Å²) in [5.74, 6) is -1.84. The highest BCUT2D eigenvalue weighted by atomic mass is 32.2. The topological polar surface area (TPSA) is 199 Å². The number of thiazole rings is 1. The highest BCUT2D eigenvalue weighted by Crippen LogP contribution is 2.43. The number of carbonyl (C=O) groups is 3. The maximum Gasteiger partial charge on any atom is 0.356 e. The maximum atomic E-state index is 14.7. The van der Waals surface area contributed by atoms with Crippen LogP contribution in [0.1, 0.15) is 39.6 Å². The normalized spacial score (nSPS) is 15.8. The van der Waals surface area contributed by atoms with Gasteiger partial charge in [-0.1, -0.05) is 169 Å². The maximum absolute atomic E-state index is 14.7. The molecule has 2 aromatic heterocycles. The highest BCUT2D eigenvalue weighted by Gasteiger charge is 2.55. The zero-order chi connectivity index (χ0) is 50.0. The first-order chi connectivity index (χ1) is 35.2. The van der Waals surface area contributed by atoms with Crippen LogP contribution in [-0.4, -0.2) is 86.1 Å². The van der Waals surface area contributed by atoms with Crippen molar-refractivity contribution in [2.24, 2.45) is 5.16 Å². The van der Waals surface area contributed by atoms with E-state index in [-0.39, 0.29) is 41.2 Å². The van der Waals surface area contributed by atoms with Crippen molar-refractivity contribution in [3.8, 4) is 0 Å². The summed E-state index contributed by atoms with van der Waals surface area (Å²) in [6.07, 6.45) is 0.803. The standard InChI is InChI=1S/C53H46N8O8S3/c1-67-30-29-60-48(65)46(63)57-58-52(60)70-31-28-36-32-71-49-42(47(64)61(49)43(36)50(66)69-44(34-18-8-3-9-19-34)35-20-10-4-11-21-35)55-45(62)41(59-68-2)40-33-72-51(54-40)56-53(37-22-12-5-13-23-37,38-24-14-6-15-25-38)39-26-16-7-17-27-39/h3-28,31,33,42,44,49H,29-30,32H2,1-2H3,(H,54,56)(H,55,62)(H,57,63). The number of β-lactam (4-membered cyclic amide) rings is 1. The summed E-state index contributed by atoms with van der Waals surface area (Å²) in [5, 5.41) is 20.2. The number of aromatic nitrogens is 4. The van der Waals surface area contributed by atoms with Crippen LogP contribution in [0, 0.1) is 0 Å². The van der Waals surface area contributed by atoms with Gasteiger partial charge in [0.2, 0.25) is 0 Å². The third-order valence-corrected chi connectivity index (χ3v) is 14.7. The molecule has 9 rings (SSSR count). The molecule has 0 spiro atoms. The Morgan fingerprint density at radius 1 is 0.847 bits per heavy atom. The van der Waals surface area contributed by atoms with Crippen molar-refractivity contribution in [3.63, 3.8) is 0 Å². The van der Waals surface area contributed by atoms with E-state index in [9.17, 15) is 24.0 Å². The number of amides is 2. The first-order valence-electron chi connectivity index (χ1n) is 22.5. The van der Waals surface area contributed by atoms with Crippen molar-refractivity contribution in [2.75, 3.05) is 31.9 Å². The van der Waals surface area contributed by atoms with Gasteiger partial charge in [0, 0.05) is 18.2 Å². The molecule has 0 aliphatic carbocycles. The molecule has 2 aliphatic heterocycles. The average Bonchev–Trinajstić information content (AvgIpc) is 3.89. The van der Waals surface area contributed by atoms with E-state index in [0.717, 1.165) is 28.5 Å². The van der Waals surface area contributed by atoms with Gasteiger partial charge < -0.3 is 24.9 Å². The van der Waals surface area contributed by atoms with Gasteiger partial charge in [0.1, 0.15) is 35.5 Å². The Balaban J connectivity index is 1.00. The Labute approximate surface area is 425 Å². The third-order valence-electron chi connectivity index (χ3n) is 11.9. The van der Waals surface area contributed by atoms with Gasteiger partial charge >= 0.3 is 17.1 Å². The number of ether oxygens (including phenoxy) is 2. The molecule has 0 saturated carbocycles. The largest absolute Gasteiger partial charge is 0.448 e. The number of methoxy groups -OCH3 is 1. The fraction of sp³-hybridized carbons (Fsp3) is 0.170. The van der Waals surface area contributed by atoms with E-state index >= 15 is 0 Å². The van der Waals surface area contributed by atoms with Gasteiger partial charge in [0.05, 0.1) is 13.2 Å². The van der Waals surface area contributed by atoms with Crippen LogP contribution < -0.4 is 21.8 Å². The number of aromatic amines is 1. The van der Waals surface area contributed by atoms with Crippen LogP contribution in [0.2, 0.25) is 0 Å². The quantitative estimate of drug-likeness (QED) is 0.0141. The molecule has 2 unspecified atom stereocenters. The fourth-order valence-corrected chi connectivity index (χ4v) is 11.3. The Kier molecular flexibility index (Phi) is 15.4. The summed E-state index contributed by atoms with van der Waals surface area (Å²) in [7, 11) is 2.79. The number of rotatable bonds is 19. The number of H-pyrrole nitrogens is 1. The number of anilines is 1. The number of nitrogens with zero attached hydrogens (tertiary/aromatic N) is 5. The van der Waals surface area contributed by atoms with Crippen LogP contribution in [-0.2, 0) is 40.8 Å². The molecule has 1 saturated heterocycles. The molecule has 2 aliphatic rings. The first-order valence-corrected chi connectivity index (χ1v) is 25.4. The lowest BCUT2D eigenvalue weighted by molar-refractivity contribution is -0.154. The molecular weight excluding hydrogens is 973 g/mol. The van der Waals surface area contributed by atoms with Gasteiger partial charge in [-0.25, -0.2) is 14.9 Å². The summed E-state index contributed by atoms with van der Waals surface area (Å²) in [5.41, 5.74) is 2.17. The second kappa shape index (κ2) is 22.5. The van der Waals surface area contributed by atoms with Crippen molar-refractivity contribution < 1.29 is 28.7 Å². The minimum absolute atomic E-state index is 0.0195. The fourth-order valence-electron chi connectivity index (χ4n) is 8.46. The Morgan fingerprint density at radius 2 is 1.42 bits per heavy atom. The molecule has 72 heavy (non-hydrogen) atoms. The monoisotopic (exact) mass is 1020 g/mol. The molecule has 3 N–H and O–H groups in total. The number of hydrogen-bond acceptors (Lipinski definition) is 15. The van der Waals surface area contributed by atoms with Crippen molar-refractivity contribution in [2.45, 2.75) is 34.8 Å². The number of fused-ring (bicyclic) bond motifs is 1. The average molecular weight is 1020 g/mol. The zero-order valence-corrected chi connectivity index (χ0v) is 41.2. The molecule has 0 radical (unpaired) electrons. The summed E-state index contributed by atoms with van der Waals surface area (Å²) in [6.45, 7) is 0.227. The lowest BCUT2D eigenvalue weighted by Gasteiger charge is -2.49. The van der Waals surface area contributed by atoms with E-state index in [1.54, 1.807) is 16.9 Å². The van der Waals surface area contributed by atoms with E-state index in [1.165, 1.54) is 46.8 Å². The summed E-state index contributed by atoms with van der Waals surface area (Å²) in [4.78, 5) is 79.8. The van der Waals surface area contributed by atoms with Crippen LogP contribution in [0.3, 0.4) is 0 Å². The number of allylic oxidation sites excluding steroid dienone is 1. The second-order valence-corrected chi connectivity index (χ2v) is 19.0. The lowest BCUT2D eigenvalue weighted by atomic mass is 9.77. The summed E-state index contributed by atoms with van der Waals surface area (Å²) < 4.78 is 12.7. The number of nitrogens with one attached hydrogen (secondary N) is 3. The van der Waals surface area contributed by atoms with Crippen LogP contribution in [0.5, 0.6) is 0 Å². The van der Waals surface area contributed by atoms with Crippen LogP contribution in [0.25, 0.3) is 0 Å². The van der Waals surface area contributed by atoms with E-state index in [4.69, 9.17) is 19.3 Å². The van der Waals surface area contributed by atoms with Gasteiger partial charge in [-0.15, -0.1) is 28.2 Å². The van der Waals surface area contributed by atoms with Crippen LogP contribution in [0.4, 0.5) is 5.13 Å². The molecule has 1 fully saturated rings. The molecule has 4 heterocycles. The molecule has 5 aromatic carbocycles. The van der Waals surface area contributed by atoms with Crippen molar-refractivity contribution in [1.82, 2.24) is 30.0 Å². The highest BCUT2D eigenvalue weighted by molar-refractivity contribution is 8.02. The minimum atomic E-state index is -1.08. The van der Waals surface area contributed by atoms with Gasteiger partial charge in [-0.05, 0) is 44.9 Å². The molecule has 19 heteroatoms.